The summed E-state index contributed by atoms with van der Waals surface area (Å²) in [4.78, 5) is 16.3. The molecule has 1 aliphatic rings. The molecule has 0 spiro atoms. The molecule has 0 bridgehead atoms. The second-order valence-electron chi connectivity index (χ2n) is 5.65. The monoisotopic (exact) mass is 305 g/mol. The molecule has 0 saturated heterocycles. The summed E-state index contributed by atoms with van der Waals surface area (Å²) < 4.78 is 2.03. The number of imidazole rings is 1. The van der Waals surface area contributed by atoms with Gasteiger partial charge in [0.2, 0.25) is 0 Å². The summed E-state index contributed by atoms with van der Waals surface area (Å²) >= 11 is 0. The normalized spacial score (nSPS) is 16.8. The quantitative estimate of drug-likeness (QED) is 0.790. The van der Waals surface area contributed by atoms with Gasteiger partial charge < -0.3 is 5.73 Å². The molecule has 114 valence electrons. The molecule has 2 aromatic heterocycles. The maximum absolute atomic E-state index is 11.9. The molecule has 3 heterocycles. The van der Waals surface area contributed by atoms with Crippen LogP contribution in [0.2, 0.25) is 0 Å². The minimum Gasteiger partial charge on any atom is -0.328 e. The molecule has 1 amide bonds. The van der Waals surface area contributed by atoms with E-state index in [2.05, 4.69) is 15.2 Å². The maximum atomic E-state index is 11.9. The number of aryl methyl sites for hydroxylation is 1. The summed E-state index contributed by atoms with van der Waals surface area (Å²) in [5.41, 5.74) is 11.2. The van der Waals surface area contributed by atoms with Gasteiger partial charge in [0.15, 0.2) is 0 Å². The van der Waals surface area contributed by atoms with E-state index in [1.807, 2.05) is 48.0 Å². The molecule has 1 unspecified atom stereocenters. The number of rotatable bonds is 2. The second kappa shape index (κ2) is 5.10. The molecule has 3 aromatic rings. The van der Waals surface area contributed by atoms with Crippen molar-refractivity contribution in [3.8, 4) is 11.3 Å². The zero-order valence-electron chi connectivity index (χ0n) is 12.6. The van der Waals surface area contributed by atoms with Gasteiger partial charge in [0, 0.05) is 23.9 Å². The lowest BCUT2D eigenvalue weighted by molar-refractivity contribution is 0.0985. The van der Waals surface area contributed by atoms with E-state index >= 15 is 0 Å². The highest BCUT2D eigenvalue weighted by molar-refractivity contribution is 5.97. The van der Waals surface area contributed by atoms with Gasteiger partial charge in [-0.05, 0) is 42.3 Å². The Hall–Kier alpha value is -2.86. The Bertz CT molecular complexity index is 957. The summed E-state index contributed by atoms with van der Waals surface area (Å²) in [6.07, 6.45) is 3.83. The van der Waals surface area contributed by atoms with Crippen molar-refractivity contribution in [3.63, 3.8) is 0 Å². The molecule has 1 aliphatic heterocycles. The van der Waals surface area contributed by atoms with Crippen LogP contribution in [0.4, 0.5) is 0 Å². The van der Waals surface area contributed by atoms with E-state index in [9.17, 15) is 4.79 Å². The van der Waals surface area contributed by atoms with Crippen LogP contribution in [-0.2, 0) is 0 Å². The molecule has 4 rings (SSSR count). The van der Waals surface area contributed by atoms with Crippen LogP contribution in [-0.4, -0.2) is 21.8 Å². The Balaban J connectivity index is 1.88. The van der Waals surface area contributed by atoms with Gasteiger partial charge in [-0.2, -0.15) is 5.11 Å². The van der Waals surface area contributed by atoms with Crippen LogP contribution in [0.1, 0.15) is 27.5 Å². The largest absolute Gasteiger partial charge is 0.328 e. The average Bonchev–Trinajstić information content (AvgIpc) is 2.98. The van der Waals surface area contributed by atoms with E-state index in [4.69, 9.17) is 5.73 Å². The number of hydrogen-bond acceptors (Lipinski definition) is 4. The first kappa shape index (κ1) is 13.8. The number of amides is 1. The first-order chi connectivity index (χ1) is 11.2. The first-order valence-corrected chi connectivity index (χ1v) is 7.40. The van der Waals surface area contributed by atoms with Crippen molar-refractivity contribution in [2.24, 2.45) is 16.0 Å². The smallest absolute Gasteiger partial charge is 0.295 e. The van der Waals surface area contributed by atoms with E-state index in [-0.39, 0.29) is 11.9 Å². The van der Waals surface area contributed by atoms with Crippen molar-refractivity contribution < 1.29 is 4.79 Å². The van der Waals surface area contributed by atoms with Gasteiger partial charge in [0.25, 0.3) is 5.91 Å². The summed E-state index contributed by atoms with van der Waals surface area (Å²) in [5.74, 6) is -0.315. The molecule has 0 fully saturated rings. The minimum absolute atomic E-state index is 0.274. The number of carbonyl (C=O) groups is 1. The van der Waals surface area contributed by atoms with Gasteiger partial charge in [-0.15, -0.1) is 5.11 Å². The van der Waals surface area contributed by atoms with Crippen molar-refractivity contribution in [3.05, 3.63) is 59.4 Å². The molecule has 0 saturated carbocycles. The summed E-state index contributed by atoms with van der Waals surface area (Å²) in [5, 5.41) is 7.66. The number of aromatic nitrogens is 2. The van der Waals surface area contributed by atoms with Gasteiger partial charge >= 0.3 is 0 Å². The second-order valence-corrected chi connectivity index (χ2v) is 5.65. The third-order valence-corrected chi connectivity index (χ3v) is 4.12. The Labute approximate surface area is 132 Å². The number of azo groups is 1. The number of nitrogens with two attached hydrogens (primary N) is 1. The first-order valence-electron chi connectivity index (χ1n) is 7.40. The van der Waals surface area contributed by atoms with Gasteiger partial charge in [0.1, 0.15) is 11.7 Å². The summed E-state index contributed by atoms with van der Waals surface area (Å²) in [7, 11) is 0. The third-order valence-electron chi connectivity index (χ3n) is 4.12. The van der Waals surface area contributed by atoms with Crippen LogP contribution >= 0.6 is 0 Å². The predicted octanol–water partition coefficient (Wildman–Crippen LogP) is 2.92. The Morgan fingerprint density at radius 1 is 1.26 bits per heavy atom. The maximum Gasteiger partial charge on any atom is 0.295 e. The van der Waals surface area contributed by atoms with Crippen molar-refractivity contribution in [2.75, 3.05) is 6.54 Å². The van der Waals surface area contributed by atoms with Crippen molar-refractivity contribution >= 4 is 11.6 Å². The molecular weight excluding hydrogens is 290 g/mol. The fourth-order valence-corrected chi connectivity index (χ4v) is 2.90. The molecule has 0 radical (unpaired) electrons. The minimum atomic E-state index is -0.315. The highest BCUT2D eigenvalue weighted by Gasteiger charge is 2.23. The number of benzene rings is 1. The van der Waals surface area contributed by atoms with E-state index in [0.717, 1.165) is 28.0 Å². The molecule has 1 atom stereocenters. The van der Waals surface area contributed by atoms with Crippen molar-refractivity contribution in [1.82, 2.24) is 9.38 Å². The lowest BCUT2D eigenvalue weighted by Gasteiger charge is -2.17. The molecule has 2 N–H and O–H groups in total. The lowest BCUT2D eigenvalue weighted by atomic mass is 9.95. The van der Waals surface area contributed by atoms with Crippen LogP contribution < -0.4 is 5.73 Å². The van der Waals surface area contributed by atoms with Gasteiger partial charge in [0.05, 0.1) is 11.9 Å². The number of hydrogen-bond donors (Lipinski definition) is 1. The van der Waals surface area contributed by atoms with Crippen LogP contribution in [0, 0.1) is 6.92 Å². The fraction of sp³-hybridized carbons (Fsp3) is 0.176. The number of fused-ring (bicyclic) bond motifs is 2. The SMILES string of the molecule is Cc1ccn2c(-c3ccc4c(c3)C(CN)N=NC4=O)cnc2c1. The Morgan fingerprint density at radius 2 is 2.13 bits per heavy atom. The standard InChI is InChI=1S/C17H15N5O/c1-10-4-5-22-15(9-19-16(22)6-10)11-2-3-12-13(7-11)14(8-18)20-21-17(12)23/h2-7,9,14H,8,18H2,1H3. The van der Waals surface area contributed by atoms with Crippen LogP contribution in [0.5, 0.6) is 0 Å². The molecule has 23 heavy (non-hydrogen) atoms. The number of pyridine rings is 1. The fourth-order valence-electron chi connectivity index (χ4n) is 2.90. The molecular formula is C17H15N5O. The Kier molecular flexibility index (Phi) is 3.06. The molecule has 6 nitrogen and oxygen atoms in total. The van der Waals surface area contributed by atoms with E-state index in [0.29, 0.717) is 12.1 Å². The molecule has 1 aromatic carbocycles. The highest BCUT2D eigenvalue weighted by Crippen LogP contribution is 2.31. The number of nitrogens with zero attached hydrogens (tertiary/aromatic N) is 4. The van der Waals surface area contributed by atoms with E-state index in [1.54, 1.807) is 6.07 Å². The van der Waals surface area contributed by atoms with Crippen molar-refractivity contribution in [2.45, 2.75) is 13.0 Å². The molecule has 0 aliphatic carbocycles. The highest BCUT2D eigenvalue weighted by atomic mass is 16.1. The van der Waals surface area contributed by atoms with Crippen LogP contribution in [0.3, 0.4) is 0 Å². The van der Waals surface area contributed by atoms with Gasteiger partial charge in [-0.3, -0.25) is 9.20 Å². The van der Waals surface area contributed by atoms with Crippen molar-refractivity contribution in [1.29, 1.82) is 0 Å². The van der Waals surface area contributed by atoms with Crippen LogP contribution in [0.15, 0.2) is 53.0 Å². The number of carbonyl (C=O) groups excluding carboxylic acids is 1. The van der Waals surface area contributed by atoms with Gasteiger partial charge in [-0.25, -0.2) is 4.98 Å². The topological polar surface area (TPSA) is 85.1 Å². The van der Waals surface area contributed by atoms with Gasteiger partial charge in [-0.1, -0.05) is 6.07 Å². The third kappa shape index (κ3) is 2.15. The summed E-state index contributed by atoms with van der Waals surface area (Å²) in [6.45, 7) is 2.36. The predicted molar refractivity (Wildman–Crippen MR) is 86.3 cm³/mol. The zero-order valence-corrected chi connectivity index (χ0v) is 12.6. The van der Waals surface area contributed by atoms with E-state index < -0.39 is 0 Å². The average molecular weight is 305 g/mol. The molecule has 6 heteroatoms. The zero-order chi connectivity index (χ0) is 16.0. The van der Waals surface area contributed by atoms with Crippen LogP contribution in [0.25, 0.3) is 16.9 Å². The Morgan fingerprint density at radius 3 is 2.96 bits per heavy atom. The van der Waals surface area contributed by atoms with E-state index in [1.165, 1.54) is 0 Å². The summed E-state index contributed by atoms with van der Waals surface area (Å²) in [6, 6.07) is 9.46. The lowest BCUT2D eigenvalue weighted by Crippen LogP contribution is -2.17.